The van der Waals surface area contributed by atoms with E-state index in [1.54, 1.807) is 0 Å². The molecule has 0 saturated heterocycles. The first-order valence-corrected chi connectivity index (χ1v) is 6.87. The van der Waals surface area contributed by atoms with E-state index in [-0.39, 0.29) is 22.1 Å². The predicted molar refractivity (Wildman–Crippen MR) is 70.1 cm³/mol. The zero-order valence-corrected chi connectivity index (χ0v) is 11.6. The Morgan fingerprint density at radius 2 is 1.89 bits per heavy atom. The Labute approximate surface area is 110 Å². The van der Waals surface area contributed by atoms with Crippen molar-refractivity contribution in [1.82, 2.24) is 10.3 Å². The van der Waals surface area contributed by atoms with Crippen LogP contribution in [0.15, 0.2) is 5.38 Å². The number of carboxylic acid groups (broad SMARTS) is 1. The summed E-state index contributed by atoms with van der Waals surface area (Å²) in [6.07, 6.45) is 2.51. The highest BCUT2D eigenvalue weighted by Crippen LogP contribution is 2.20. The van der Waals surface area contributed by atoms with Crippen LogP contribution in [0.3, 0.4) is 0 Å². The maximum absolute atomic E-state index is 12.0. The highest BCUT2D eigenvalue weighted by molar-refractivity contribution is 7.11. The molecule has 100 valence electrons. The van der Waals surface area contributed by atoms with E-state index in [0.717, 1.165) is 30.6 Å². The number of carboxylic acids is 1. The SMILES string of the molecule is CCC(CC)(CC)NC(=O)c1nc(C(=O)O)cs1. The minimum atomic E-state index is -1.11. The van der Waals surface area contributed by atoms with Gasteiger partial charge in [-0.2, -0.15) is 0 Å². The molecule has 0 aliphatic carbocycles. The van der Waals surface area contributed by atoms with Crippen molar-refractivity contribution in [1.29, 1.82) is 0 Å². The fourth-order valence-corrected chi connectivity index (χ4v) is 2.47. The molecule has 18 heavy (non-hydrogen) atoms. The minimum absolute atomic E-state index is 0.0831. The van der Waals surface area contributed by atoms with E-state index in [4.69, 9.17) is 5.11 Å². The number of aromatic carboxylic acids is 1. The van der Waals surface area contributed by atoms with Gasteiger partial charge in [0.2, 0.25) is 0 Å². The van der Waals surface area contributed by atoms with Gasteiger partial charge in [-0.3, -0.25) is 4.79 Å². The first-order valence-electron chi connectivity index (χ1n) is 5.99. The van der Waals surface area contributed by atoms with Crippen LogP contribution < -0.4 is 5.32 Å². The molecule has 0 radical (unpaired) electrons. The van der Waals surface area contributed by atoms with Gasteiger partial charge in [-0.25, -0.2) is 9.78 Å². The summed E-state index contributed by atoms with van der Waals surface area (Å²) in [6.45, 7) is 6.08. The molecule has 1 rings (SSSR count). The van der Waals surface area contributed by atoms with Crippen molar-refractivity contribution >= 4 is 23.2 Å². The molecule has 0 spiro atoms. The van der Waals surface area contributed by atoms with Crippen LogP contribution in [0.4, 0.5) is 0 Å². The van der Waals surface area contributed by atoms with Gasteiger partial charge >= 0.3 is 5.97 Å². The fourth-order valence-electron chi connectivity index (χ4n) is 1.79. The van der Waals surface area contributed by atoms with E-state index in [9.17, 15) is 9.59 Å². The lowest BCUT2D eigenvalue weighted by molar-refractivity contribution is 0.0691. The van der Waals surface area contributed by atoms with Gasteiger partial charge in [-0.1, -0.05) is 20.8 Å². The van der Waals surface area contributed by atoms with Crippen LogP contribution in [0.5, 0.6) is 0 Å². The summed E-state index contributed by atoms with van der Waals surface area (Å²) in [5, 5.41) is 13.3. The van der Waals surface area contributed by atoms with Crippen LogP contribution in [0, 0.1) is 0 Å². The number of nitrogens with one attached hydrogen (secondary N) is 1. The number of amides is 1. The number of aromatic nitrogens is 1. The summed E-state index contributed by atoms with van der Waals surface area (Å²) in [5.41, 5.74) is -0.313. The van der Waals surface area contributed by atoms with Crippen molar-refractivity contribution in [3.8, 4) is 0 Å². The second-order valence-corrected chi connectivity index (χ2v) is 5.00. The number of hydrogen-bond donors (Lipinski definition) is 2. The topological polar surface area (TPSA) is 79.3 Å². The molecule has 0 bridgehead atoms. The largest absolute Gasteiger partial charge is 0.476 e. The van der Waals surface area contributed by atoms with Crippen molar-refractivity contribution in [3.05, 3.63) is 16.1 Å². The van der Waals surface area contributed by atoms with Gasteiger partial charge < -0.3 is 10.4 Å². The third-order valence-corrected chi connectivity index (χ3v) is 4.17. The van der Waals surface area contributed by atoms with Crippen molar-refractivity contribution in [2.45, 2.75) is 45.6 Å². The quantitative estimate of drug-likeness (QED) is 0.832. The summed E-state index contributed by atoms with van der Waals surface area (Å²) in [6, 6.07) is 0. The van der Waals surface area contributed by atoms with Gasteiger partial charge in [0.15, 0.2) is 10.7 Å². The molecule has 1 aromatic rings. The Morgan fingerprint density at radius 3 is 2.28 bits per heavy atom. The highest BCUT2D eigenvalue weighted by Gasteiger charge is 2.27. The summed E-state index contributed by atoms with van der Waals surface area (Å²) >= 11 is 1.05. The fraction of sp³-hybridized carbons (Fsp3) is 0.583. The molecule has 1 amide bonds. The Balaban J connectivity index is 2.84. The van der Waals surface area contributed by atoms with Crippen LogP contribution in [-0.4, -0.2) is 27.5 Å². The molecule has 0 atom stereocenters. The lowest BCUT2D eigenvalue weighted by Gasteiger charge is -2.31. The average molecular weight is 270 g/mol. The first-order chi connectivity index (χ1) is 8.48. The van der Waals surface area contributed by atoms with Gasteiger partial charge in [0.1, 0.15) is 0 Å². The molecule has 1 heterocycles. The number of hydrogen-bond acceptors (Lipinski definition) is 4. The Bertz CT molecular complexity index is 430. The molecule has 2 N–H and O–H groups in total. The summed E-state index contributed by atoms with van der Waals surface area (Å²) in [7, 11) is 0. The van der Waals surface area contributed by atoms with Crippen molar-refractivity contribution < 1.29 is 14.7 Å². The second-order valence-electron chi connectivity index (χ2n) is 4.14. The molecule has 0 aliphatic rings. The average Bonchev–Trinajstić information content (AvgIpc) is 2.86. The molecule has 1 aromatic heterocycles. The molecular formula is C12H18N2O3S. The van der Waals surface area contributed by atoms with Crippen molar-refractivity contribution in [2.24, 2.45) is 0 Å². The van der Waals surface area contributed by atoms with Gasteiger partial charge in [0, 0.05) is 10.9 Å². The van der Waals surface area contributed by atoms with Gasteiger partial charge in [-0.15, -0.1) is 11.3 Å². The Kier molecular flexibility index (Phi) is 4.84. The molecule has 0 unspecified atom stereocenters. The van der Waals surface area contributed by atoms with Crippen molar-refractivity contribution in [2.75, 3.05) is 0 Å². The molecule has 0 fully saturated rings. The zero-order chi connectivity index (χ0) is 13.8. The molecule has 0 saturated carbocycles. The van der Waals surface area contributed by atoms with Gasteiger partial charge in [0.25, 0.3) is 5.91 Å². The third-order valence-electron chi connectivity index (χ3n) is 3.33. The number of nitrogens with zero attached hydrogens (tertiary/aromatic N) is 1. The van der Waals surface area contributed by atoms with Crippen LogP contribution >= 0.6 is 11.3 Å². The number of thiazole rings is 1. The van der Waals surface area contributed by atoms with E-state index in [2.05, 4.69) is 10.3 Å². The summed E-state index contributed by atoms with van der Waals surface area (Å²) < 4.78 is 0. The first kappa shape index (κ1) is 14.6. The van der Waals surface area contributed by atoms with Crippen LogP contribution in [0.2, 0.25) is 0 Å². The van der Waals surface area contributed by atoms with Gasteiger partial charge in [0.05, 0.1) is 0 Å². The standard InChI is InChI=1S/C12H18N2O3S/c1-4-12(5-2,6-3)14-9(15)10-13-8(7-18-10)11(16)17/h7H,4-6H2,1-3H3,(H,14,15)(H,16,17). The molecule has 6 heteroatoms. The van der Waals surface area contributed by atoms with Crippen molar-refractivity contribution in [3.63, 3.8) is 0 Å². The van der Waals surface area contributed by atoms with E-state index in [0.29, 0.717) is 0 Å². The summed E-state index contributed by atoms with van der Waals surface area (Å²) in [4.78, 5) is 26.5. The lowest BCUT2D eigenvalue weighted by atomic mass is 9.90. The highest BCUT2D eigenvalue weighted by atomic mass is 32.1. The van der Waals surface area contributed by atoms with E-state index in [1.807, 2.05) is 20.8 Å². The van der Waals surface area contributed by atoms with E-state index >= 15 is 0 Å². The number of rotatable bonds is 6. The van der Waals surface area contributed by atoms with Crippen LogP contribution in [0.25, 0.3) is 0 Å². The molecular weight excluding hydrogens is 252 g/mol. The normalized spacial score (nSPS) is 11.3. The van der Waals surface area contributed by atoms with E-state index in [1.165, 1.54) is 5.38 Å². The number of carbonyl (C=O) groups is 2. The zero-order valence-electron chi connectivity index (χ0n) is 10.8. The van der Waals surface area contributed by atoms with Crippen LogP contribution in [-0.2, 0) is 0 Å². The smallest absolute Gasteiger partial charge is 0.355 e. The molecule has 5 nitrogen and oxygen atoms in total. The maximum atomic E-state index is 12.0. The number of carbonyl (C=O) groups excluding carboxylic acids is 1. The van der Waals surface area contributed by atoms with E-state index < -0.39 is 5.97 Å². The lowest BCUT2D eigenvalue weighted by Crippen LogP contribution is -2.47. The Hall–Kier alpha value is -1.43. The summed E-state index contributed by atoms with van der Waals surface area (Å²) in [5.74, 6) is -1.41. The molecule has 0 aliphatic heterocycles. The van der Waals surface area contributed by atoms with Gasteiger partial charge in [-0.05, 0) is 19.3 Å². The Morgan fingerprint density at radius 1 is 1.33 bits per heavy atom. The maximum Gasteiger partial charge on any atom is 0.355 e. The minimum Gasteiger partial charge on any atom is -0.476 e. The second kappa shape index (κ2) is 5.95. The molecule has 0 aromatic carbocycles. The predicted octanol–water partition coefficient (Wildman–Crippen LogP) is 2.54. The van der Waals surface area contributed by atoms with Crippen LogP contribution in [0.1, 0.15) is 60.3 Å². The monoisotopic (exact) mass is 270 g/mol. The third kappa shape index (κ3) is 3.07.